The molecular formula is C78H76N2Si4. The van der Waals surface area contributed by atoms with Crippen LogP contribution >= 0.6 is 0 Å². The maximum atomic E-state index is 2.56. The molecule has 0 aliphatic heterocycles. The third-order valence-corrected chi connectivity index (χ3v) is 25.9. The van der Waals surface area contributed by atoms with Crippen LogP contribution in [0.1, 0.15) is 0 Å². The summed E-state index contributed by atoms with van der Waals surface area (Å²) in [7, 11) is -6.24. The third kappa shape index (κ3) is 9.82. The standard InChI is InChI=1S/C78H76N2Si4/c1-81(2,3)61-41-31-55(32-42-61)75-67-27-19-21-29-71(67)79(77(75)57-35-45-63(46-36-57)83(7,8)9)59-39-49-65-69(51-59)73(53-23-15-13-16-24-53)66-50-40-60(52-70(66)74(65)54-25-17-14-18-26-54)80-72-30-22-20-28-68(72)76(56-33-43-62(44-34-56)82(4,5)6)78(80)58-37-47-64(48-38-58)84(10,11)12/h13-52H,1-12H3. The average Bonchev–Trinajstić information content (AvgIpc) is 1.63. The molecule has 11 aromatic carbocycles. The molecule has 0 bridgehead atoms. The number of benzene rings is 11. The summed E-state index contributed by atoms with van der Waals surface area (Å²) in [6.07, 6.45) is 0. The van der Waals surface area contributed by atoms with E-state index in [1.54, 1.807) is 0 Å². The number of rotatable bonds is 12. The van der Waals surface area contributed by atoms with E-state index in [1.807, 2.05) is 0 Å². The first-order valence-electron chi connectivity index (χ1n) is 30.1. The molecule has 2 nitrogen and oxygen atoms in total. The Bertz CT molecular complexity index is 4320. The zero-order valence-corrected chi connectivity index (χ0v) is 55.0. The fourth-order valence-electron chi connectivity index (χ4n) is 13.0. The summed E-state index contributed by atoms with van der Waals surface area (Å²) in [5, 5.41) is 13.2. The molecule has 2 aromatic heterocycles. The van der Waals surface area contributed by atoms with Crippen molar-refractivity contribution in [1.29, 1.82) is 0 Å². The Morgan fingerprint density at radius 1 is 0.214 bits per heavy atom. The zero-order chi connectivity index (χ0) is 58.5. The van der Waals surface area contributed by atoms with Gasteiger partial charge in [-0.05, 0) is 102 Å². The quantitative estimate of drug-likeness (QED) is 0.0852. The van der Waals surface area contributed by atoms with Crippen molar-refractivity contribution in [2.24, 2.45) is 0 Å². The maximum Gasteiger partial charge on any atom is 0.0775 e. The minimum atomic E-state index is -1.58. The fourth-order valence-corrected chi connectivity index (χ4v) is 17.7. The highest BCUT2D eigenvalue weighted by atomic mass is 28.3. The van der Waals surface area contributed by atoms with Crippen molar-refractivity contribution in [3.05, 3.63) is 243 Å². The molecule has 0 saturated carbocycles. The molecule has 6 heteroatoms. The molecule has 13 aromatic rings. The molecule has 0 N–H and O–H groups in total. The lowest BCUT2D eigenvalue weighted by Gasteiger charge is -2.22. The Balaban J connectivity index is 1.11. The first-order valence-corrected chi connectivity index (χ1v) is 44.1. The maximum absolute atomic E-state index is 2.56. The Kier molecular flexibility index (Phi) is 13.7. The van der Waals surface area contributed by atoms with Gasteiger partial charge in [0.15, 0.2) is 0 Å². The SMILES string of the molecule is C[Si](C)(C)c1ccc(-c2c(-c3ccc([Si](C)(C)C)cc3)n(-c3ccc4c(-c5ccccc5)c5cc(-n6c(-c7ccc([Si](C)(C)C)cc7)c(-c7ccc([Si](C)(C)C)cc7)c7ccccc76)ccc5c(-c5ccccc5)c4c3)c3ccccc23)cc1. The van der Waals surface area contributed by atoms with Crippen LogP contribution in [0.15, 0.2) is 243 Å². The molecule has 0 unspecified atom stereocenters. The van der Waals surface area contributed by atoms with E-state index in [0.717, 1.165) is 11.4 Å². The van der Waals surface area contributed by atoms with Gasteiger partial charge < -0.3 is 9.13 Å². The molecule has 0 saturated heterocycles. The lowest BCUT2D eigenvalue weighted by atomic mass is 9.85. The molecular weight excluding hydrogens is 1080 g/mol. The van der Waals surface area contributed by atoms with Crippen LogP contribution in [-0.2, 0) is 0 Å². The number of nitrogens with zero attached hydrogens (tertiary/aromatic N) is 2. The van der Waals surface area contributed by atoms with Crippen LogP contribution in [-0.4, -0.2) is 41.4 Å². The predicted molar refractivity (Wildman–Crippen MR) is 380 cm³/mol. The van der Waals surface area contributed by atoms with Gasteiger partial charge in [-0.15, -0.1) is 0 Å². The van der Waals surface area contributed by atoms with E-state index in [-0.39, 0.29) is 0 Å². The van der Waals surface area contributed by atoms with Crippen LogP contribution in [0.3, 0.4) is 0 Å². The van der Waals surface area contributed by atoms with E-state index >= 15 is 0 Å². The van der Waals surface area contributed by atoms with Crippen LogP contribution < -0.4 is 20.7 Å². The third-order valence-electron chi connectivity index (χ3n) is 17.6. The Morgan fingerprint density at radius 3 is 0.798 bits per heavy atom. The lowest BCUT2D eigenvalue weighted by Crippen LogP contribution is -2.37. The molecule has 2 heterocycles. The van der Waals surface area contributed by atoms with Gasteiger partial charge in [-0.3, -0.25) is 0 Å². The van der Waals surface area contributed by atoms with Crippen LogP contribution in [0.5, 0.6) is 0 Å². The van der Waals surface area contributed by atoms with Crippen molar-refractivity contribution >= 4 is 96.4 Å². The molecule has 0 radical (unpaired) electrons. The number of para-hydroxylation sites is 2. The summed E-state index contributed by atoms with van der Waals surface area (Å²) in [5.74, 6) is 0. The molecule has 0 fully saturated rings. The highest BCUT2D eigenvalue weighted by molar-refractivity contribution is 6.90. The molecule has 0 aliphatic carbocycles. The second kappa shape index (κ2) is 20.9. The molecule has 0 spiro atoms. The molecule has 0 amide bonds. The molecule has 84 heavy (non-hydrogen) atoms. The fraction of sp³-hybridized carbons (Fsp3) is 0.154. The van der Waals surface area contributed by atoms with Crippen molar-refractivity contribution in [2.45, 2.75) is 78.6 Å². The van der Waals surface area contributed by atoms with Gasteiger partial charge in [-0.25, -0.2) is 0 Å². The summed E-state index contributed by atoms with van der Waals surface area (Å²) in [6.45, 7) is 29.3. The second-order valence-corrected chi connectivity index (χ2v) is 47.7. The number of aromatic nitrogens is 2. The first kappa shape index (κ1) is 55.1. The zero-order valence-electron chi connectivity index (χ0n) is 51.0. The topological polar surface area (TPSA) is 9.86 Å². The van der Waals surface area contributed by atoms with Crippen LogP contribution in [0.2, 0.25) is 78.6 Å². The van der Waals surface area contributed by atoms with E-state index in [9.17, 15) is 0 Å². The minimum Gasteiger partial charge on any atom is -0.309 e. The summed E-state index contributed by atoms with van der Waals surface area (Å²) < 4.78 is 5.13. The van der Waals surface area contributed by atoms with Gasteiger partial charge in [-0.2, -0.15) is 0 Å². The Morgan fingerprint density at radius 2 is 0.488 bits per heavy atom. The van der Waals surface area contributed by atoms with Crippen LogP contribution in [0.4, 0.5) is 0 Å². The van der Waals surface area contributed by atoms with E-state index < -0.39 is 32.3 Å². The van der Waals surface area contributed by atoms with Crippen LogP contribution in [0, 0.1) is 0 Å². The van der Waals surface area contributed by atoms with Crippen LogP contribution in [0.25, 0.3) is 122 Å². The number of hydrogen-bond acceptors (Lipinski definition) is 0. The normalized spacial score (nSPS) is 12.5. The van der Waals surface area contributed by atoms with Gasteiger partial charge in [0, 0.05) is 33.3 Å². The minimum absolute atomic E-state index is 1.13. The molecule has 0 aliphatic rings. The van der Waals surface area contributed by atoms with E-state index in [1.165, 1.54) is 131 Å². The van der Waals surface area contributed by atoms with Gasteiger partial charge >= 0.3 is 0 Å². The lowest BCUT2D eigenvalue weighted by molar-refractivity contribution is 1.14. The van der Waals surface area contributed by atoms with Gasteiger partial charge in [-0.1, -0.05) is 306 Å². The number of hydrogen-bond donors (Lipinski definition) is 0. The van der Waals surface area contributed by atoms with Gasteiger partial charge in [0.1, 0.15) is 0 Å². The highest BCUT2D eigenvalue weighted by Crippen LogP contribution is 2.49. The molecule has 414 valence electrons. The van der Waals surface area contributed by atoms with Crippen molar-refractivity contribution in [1.82, 2.24) is 9.13 Å². The van der Waals surface area contributed by atoms with Crippen molar-refractivity contribution in [3.63, 3.8) is 0 Å². The second-order valence-electron chi connectivity index (χ2n) is 27.4. The molecule has 0 atom stereocenters. The molecule has 13 rings (SSSR count). The largest absolute Gasteiger partial charge is 0.309 e. The van der Waals surface area contributed by atoms with Crippen molar-refractivity contribution in [3.8, 4) is 78.4 Å². The van der Waals surface area contributed by atoms with Gasteiger partial charge in [0.05, 0.1) is 54.7 Å². The monoisotopic (exact) mass is 1150 g/mol. The average molecular weight is 1150 g/mol. The van der Waals surface area contributed by atoms with E-state index in [0.29, 0.717) is 0 Å². The Hall–Kier alpha value is -8.11. The van der Waals surface area contributed by atoms with Crippen molar-refractivity contribution in [2.75, 3.05) is 0 Å². The summed E-state index contributed by atoms with van der Waals surface area (Å²) in [6, 6.07) is 93.4. The van der Waals surface area contributed by atoms with Crippen molar-refractivity contribution < 1.29 is 0 Å². The summed E-state index contributed by atoms with van der Waals surface area (Å²) in [5.41, 5.74) is 19.4. The van der Waals surface area contributed by atoms with Gasteiger partial charge in [0.25, 0.3) is 0 Å². The summed E-state index contributed by atoms with van der Waals surface area (Å²) in [4.78, 5) is 0. The summed E-state index contributed by atoms with van der Waals surface area (Å²) >= 11 is 0. The van der Waals surface area contributed by atoms with E-state index in [2.05, 4.69) is 330 Å². The smallest absolute Gasteiger partial charge is 0.0775 e. The van der Waals surface area contributed by atoms with E-state index in [4.69, 9.17) is 0 Å². The van der Waals surface area contributed by atoms with Gasteiger partial charge in [0.2, 0.25) is 0 Å². The predicted octanol–water partition coefficient (Wildman–Crippen LogP) is 20.1. The number of fused-ring (bicyclic) bond motifs is 4. The Labute approximate surface area is 501 Å². The highest BCUT2D eigenvalue weighted by Gasteiger charge is 2.28. The first-order chi connectivity index (χ1) is 40.2.